The predicted molar refractivity (Wildman–Crippen MR) is 89.4 cm³/mol. The van der Waals surface area contributed by atoms with E-state index in [0.29, 0.717) is 22.4 Å². The quantitative estimate of drug-likeness (QED) is 0.885. The molecule has 6 heteroatoms. The summed E-state index contributed by atoms with van der Waals surface area (Å²) in [5.41, 5.74) is 1.68. The predicted octanol–water partition coefficient (Wildman–Crippen LogP) is 2.69. The third-order valence-electron chi connectivity index (χ3n) is 3.67. The summed E-state index contributed by atoms with van der Waals surface area (Å²) in [5.74, 6) is 0.226. The Morgan fingerprint density at radius 1 is 1.25 bits per heavy atom. The van der Waals surface area contributed by atoms with Gasteiger partial charge in [-0.3, -0.25) is 0 Å². The topological polar surface area (TPSA) is 61.8 Å². The van der Waals surface area contributed by atoms with Gasteiger partial charge in [-0.15, -0.1) is 0 Å². The first kappa shape index (κ1) is 17.7. The van der Waals surface area contributed by atoms with Gasteiger partial charge in [0.2, 0.25) is 0 Å². The Labute approximate surface area is 140 Å². The molecule has 2 rings (SSSR count). The van der Waals surface area contributed by atoms with E-state index in [9.17, 15) is 14.3 Å². The number of urea groups is 1. The first-order valence-corrected chi connectivity index (χ1v) is 7.48. The Kier molecular flexibility index (Phi) is 5.76. The summed E-state index contributed by atoms with van der Waals surface area (Å²) in [6.45, 7) is 0.194. The van der Waals surface area contributed by atoms with Crippen LogP contribution in [0.4, 0.5) is 9.18 Å². The van der Waals surface area contributed by atoms with E-state index in [1.54, 1.807) is 51.5 Å². The number of nitrogens with zero attached hydrogens (tertiary/aromatic N) is 1. The highest BCUT2D eigenvalue weighted by atomic mass is 19.1. The molecular weight excluding hydrogens is 311 g/mol. The van der Waals surface area contributed by atoms with Crippen LogP contribution in [0.15, 0.2) is 42.5 Å². The van der Waals surface area contributed by atoms with Crippen LogP contribution in [0.25, 0.3) is 0 Å². The monoisotopic (exact) mass is 332 g/mol. The number of hydrogen-bond donors (Lipinski definition) is 2. The van der Waals surface area contributed by atoms with Gasteiger partial charge in [-0.2, -0.15) is 0 Å². The molecule has 1 unspecified atom stereocenters. The van der Waals surface area contributed by atoms with Crippen LogP contribution in [0.1, 0.15) is 22.8 Å². The summed E-state index contributed by atoms with van der Waals surface area (Å²) in [6.07, 6.45) is -1.00. The zero-order valence-corrected chi connectivity index (χ0v) is 13.9. The van der Waals surface area contributed by atoms with Gasteiger partial charge in [0.15, 0.2) is 0 Å². The van der Waals surface area contributed by atoms with Crippen molar-refractivity contribution in [1.82, 2.24) is 10.2 Å². The number of nitrogens with one attached hydrogen (secondary N) is 1. The van der Waals surface area contributed by atoms with Gasteiger partial charge in [0.1, 0.15) is 17.7 Å². The average molecular weight is 332 g/mol. The highest BCUT2D eigenvalue weighted by molar-refractivity contribution is 5.73. The Bertz CT molecular complexity index is 702. The Hall–Kier alpha value is -2.60. The molecule has 0 fully saturated rings. The van der Waals surface area contributed by atoms with Gasteiger partial charge >= 0.3 is 6.03 Å². The average Bonchev–Trinajstić information content (AvgIpc) is 2.59. The second-order valence-corrected chi connectivity index (χ2v) is 5.57. The molecule has 1 atom stereocenters. The lowest BCUT2D eigenvalue weighted by Crippen LogP contribution is -2.34. The molecular formula is C18H21FN2O3. The van der Waals surface area contributed by atoms with Crippen molar-refractivity contribution in [2.45, 2.75) is 12.6 Å². The summed E-state index contributed by atoms with van der Waals surface area (Å²) in [7, 11) is 4.82. The minimum absolute atomic E-state index is 0.194. The zero-order valence-electron chi connectivity index (χ0n) is 13.9. The highest BCUT2D eigenvalue weighted by Gasteiger charge is 2.16. The molecule has 2 aromatic carbocycles. The summed E-state index contributed by atoms with van der Waals surface area (Å²) in [5, 5.41) is 13.3. The molecule has 0 heterocycles. The lowest BCUT2D eigenvalue weighted by atomic mass is 9.96. The van der Waals surface area contributed by atoms with Crippen molar-refractivity contribution in [1.29, 1.82) is 0 Å². The molecule has 0 aliphatic heterocycles. The second-order valence-electron chi connectivity index (χ2n) is 5.57. The number of halogens is 1. The molecule has 0 radical (unpaired) electrons. The van der Waals surface area contributed by atoms with Crippen molar-refractivity contribution in [2.24, 2.45) is 0 Å². The van der Waals surface area contributed by atoms with Gasteiger partial charge in [-0.1, -0.05) is 18.2 Å². The lowest BCUT2D eigenvalue weighted by molar-refractivity contribution is 0.213. The second kappa shape index (κ2) is 7.79. The molecule has 128 valence electrons. The molecule has 5 nitrogen and oxygen atoms in total. The zero-order chi connectivity index (χ0) is 17.7. The summed E-state index contributed by atoms with van der Waals surface area (Å²) >= 11 is 0. The normalized spacial score (nSPS) is 11.7. The van der Waals surface area contributed by atoms with Gasteiger partial charge in [-0.25, -0.2) is 9.18 Å². The van der Waals surface area contributed by atoms with E-state index in [0.717, 1.165) is 0 Å². The Morgan fingerprint density at radius 2 is 1.92 bits per heavy atom. The Morgan fingerprint density at radius 3 is 2.50 bits per heavy atom. The molecule has 2 amide bonds. The number of carbonyl (C=O) groups is 1. The van der Waals surface area contributed by atoms with Crippen LogP contribution in [-0.2, 0) is 6.54 Å². The van der Waals surface area contributed by atoms with E-state index < -0.39 is 11.9 Å². The molecule has 2 N–H and O–H groups in total. The van der Waals surface area contributed by atoms with Crippen molar-refractivity contribution in [3.8, 4) is 5.75 Å². The van der Waals surface area contributed by atoms with Crippen LogP contribution in [0.5, 0.6) is 5.75 Å². The Balaban J connectivity index is 2.26. The van der Waals surface area contributed by atoms with Crippen molar-refractivity contribution < 1.29 is 19.0 Å². The molecule has 24 heavy (non-hydrogen) atoms. The number of methoxy groups -OCH3 is 1. The maximum atomic E-state index is 13.6. The van der Waals surface area contributed by atoms with Gasteiger partial charge in [0.05, 0.1) is 7.11 Å². The number of rotatable bonds is 5. The smallest absolute Gasteiger partial charge is 0.317 e. The van der Waals surface area contributed by atoms with Crippen LogP contribution in [0, 0.1) is 5.82 Å². The number of aliphatic hydroxyl groups excluding tert-OH is 1. The van der Waals surface area contributed by atoms with Crippen molar-refractivity contribution in [3.05, 3.63) is 65.0 Å². The van der Waals surface area contributed by atoms with Gasteiger partial charge in [-0.05, 0) is 41.0 Å². The fraction of sp³-hybridized carbons (Fsp3) is 0.278. The molecule has 0 bridgehead atoms. The van der Waals surface area contributed by atoms with Crippen LogP contribution in [-0.4, -0.2) is 37.2 Å². The lowest BCUT2D eigenvalue weighted by Gasteiger charge is -2.18. The van der Waals surface area contributed by atoms with Crippen molar-refractivity contribution in [3.63, 3.8) is 0 Å². The van der Waals surface area contributed by atoms with Gasteiger partial charge in [0.25, 0.3) is 0 Å². The maximum absolute atomic E-state index is 13.6. The maximum Gasteiger partial charge on any atom is 0.317 e. The standard InChI is InChI=1S/C18H21FN2O3/c1-21(2)18(23)20-11-13-4-7-14(19)10-16(13)17(22)12-5-8-15(24-3)9-6-12/h4-10,17,22H,11H2,1-3H3,(H,20,23). The molecule has 0 aliphatic rings. The fourth-order valence-corrected chi connectivity index (χ4v) is 2.28. The van der Waals surface area contributed by atoms with E-state index in [-0.39, 0.29) is 12.6 Å². The van der Waals surface area contributed by atoms with Gasteiger partial charge < -0.3 is 20.1 Å². The largest absolute Gasteiger partial charge is 0.497 e. The molecule has 0 aromatic heterocycles. The first-order valence-electron chi connectivity index (χ1n) is 7.48. The van der Waals surface area contributed by atoms with Crippen molar-refractivity contribution in [2.75, 3.05) is 21.2 Å². The van der Waals surface area contributed by atoms with Gasteiger partial charge in [0, 0.05) is 20.6 Å². The number of ether oxygens (including phenoxy) is 1. The first-order chi connectivity index (χ1) is 11.4. The molecule has 2 aromatic rings. The number of hydrogen-bond acceptors (Lipinski definition) is 3. The van der Waals surface area contributed by atoms with E-state index in [4.69, 9.17) is 4.74 Å². The van der Waals surface area contributed by atoms with Crippen LogP contribution in [0.3, 0.4) is 0 Å². The number of aliphatic hydroxyl groups is 1. The van der Waals surface area contributed by atoms with Crippen LogP contribution < -0.4 is 10.1 Å². The highest BCUT2D eigenvalue weighted by Crippen LogP contribution is 2.27. The summed E-state index contributed by atoms with van der Waals surface area (Å²) in [4.78, 5) is 13.1. The number of benzene rings is 2. The van der Waals surface area contributed by atoms with E-state index >= 15 is 0 Å². The van der Waals surface area contributed by atoms with E-state index in [1.807, 2.05) is 0 Å². The third-order valence-corrected chi connectivity index (χ3v) is 3.67. The van der Waals surface area contributed by atoms with E-state index in [2.05, 4.69) is 5.32 Å². The molecule has 0 saturated heterocycles. The van der Waals surface area contributed by atoms with Crippen LogP contribution >= 0.6 is 0 Å². The molecule has 0 spiro atoms. The third kappa shape index (κ3) is 4.23. The number of amides is 2. The SMILES string of the molecule is COc1ccc(C(O)c2cc(F)ccc2CNC(=O)N(C)C)cc1. The minimum Gasteiger partial charge on any atom is -0.497 e. The minimum atomic E-state index is -1.00. The summed E-state index contributed by atoms with van der Waals surface area (Å²) < 4.78 is 18.7. The van der Waals surface area contributed by atoms with E-state index in [1.165, 1.54) is 17.0 Å². The van der Waals surface area contributed by atoms with Crippen molar-refractivity contribution >= 4 is 6.03 Å². The van der Waals surface area contributed by atoms with Crippen LogP contribution in [0.2, 0.25) is 0 Å². The number of carbonyl (C=O) groups excluding carboxylic acids is 1. The summed E-state index contributed by atoms with van der Waals surface area (Å²) in [6, 6.07) is 10.8. The fourth-order valence-electron chi connectivity index (χ4n) is 2.28. The molecule has 0 saturated carbocycles. The molecule has 0 aliphatic carbocycles.